The van der Waals surface area contributed by atoms with Crippen molar-refractivity contribution in [2.75, 3.05) is 6.54 Å². The Bertz CT molecular complexity index is 319. The Hall–Kier alpha value is -1.36. The van der Waals surface area contributed by atoms with E-state index >= 15 is 0 Å². The highest BCUT2D eigenvalue weighted by molar-refractivity contribution is 5.76. The summed E-state index contributed by atoms with van der Waals surface area (Å²) in [5.74, 6) is -1.55. The lowest BCUT2D eigenvalue weighted by Crippen LogP contribution is -2.21. The smallest absolute Gasteiger partial charge is 0.312 e. The van der Waals surface area contributed by atoms with Crippen LogP contribution in [-0.2, 0) is 11.8 Å². The second kappa shape index (κ2) is 3.57. The predicted molar refractivity (Wildman–Crippen MR) is 47.4 cm³/mol. The summed E-state index contributed by atoms with van der Waals surface area (Å²) in [4.78, 5) is 10.8. The van der Waals surface area contributed by atoms with E-state index in [0.717, 1.165) is 5.69 Å². The van der Waals surface area contributed by atoms with E-state index in [9.17, 15) is 4.79 Å². The molecule has 1 atom stereocenters. The summed E-state index contributed by atoms with van der Waals surface area (Å²) < 4.78 is 1.64. The van der Waals surface area contributed by atoms with Gasteiger partial charge in [-0.3, -0.25) is 9.48 Å². The number of nitrogens with two attached hydrogens (primary N) is 1. The van der Waals surface area contributed by atoms with Crippen LogP contribution in [0, 0.1) is 6.92 Å². The SMILES string of the molecule is Cc1c(C(CN)C(=O)O)cnn1C. The normalized spacial score (nSPS) is 12.8. The fourth-order valence-corrected chi connectivity index (χ4v) is 1.22. The van der Waals surface area contributed by atoms with Gasteiger partial charge in [-0.15, -0.1) is 0 Å². The maximum atomic E-state index is 10.8. The number of hydrogen-bond donors (Lipinski definition) is 2. The van der Waals surface area contributed by atoms with Gasteiger partial charge in [-0.05, 0) is 6.92 Å². The zero-order valence-electron chi connectivity index (χ0n) is 7.69. The molecule has 1 unspecified atom stereocenters. The van der Waals surface area contributed by atoms with E-state index in [1.165, 1.54) is 0 Å². The molecule has 0 aliphatic heterocycles. The highest BCUT2D eigenvalue weighted by Crippen LogP contribution is 2.17. The van der Waals surface area contributed by atoms with Crippen LogP contribution < -0.4 is 5.73 Å². The maximum Gasteiger partial charge on any atom is 0.312 e. The summed E-state index contributed by atoms with van der Waals surface area (Å²) in [5, 5.41) is 12.8. The third kappa shape index (κ3) is 1.70. The van der Waals surface area contributed by atoms with E-state index in [-0.39, 0.29) is 6.54 Å². The van der Waals surface area contributed by atoms with Crippen LogP contribution in [0.5, 0.6) is 0 Å². The first-order chi connectivity index (χ1) is 6.07. The highest BCUT2D eigenvalue weighted by Gasteiger charge is 2.21. The van der Waals surface area contributed by atoms with Crippen LogP contribution in [-0.4, -0.2) is 27.4 Å². The molecule has 0 fully saturated rings. The van der Waals surface area contributed by atoms with E-state index in [1.807, 2.05) is 6.92 Å². The number of rotatable bonds is 3. The van der Waals surface area contributed by atoms with Gasteiger partial charge in [0, 0.05) is 24.8 Å². The summed E-state index contributed by atoms with van der Waals surface area (Å²) in [6, 6.07) is 0. The molecule has 0 saturated carbocycles. The van der Waals surface area contributed by atoms with Crippen molar-refractivity contribution in [2.24, 2.45) is 12.8 Å². The molecule has 0 radical (unpaired) electrons. The lowest BCUT2D eigenvalue weighted by Gasteiger charge is -2.08. The summed E-state index contributed by atoms with van der Waals surface area (Å²) in [6.07, 6.45) is 1.56. The molecule has 0 aliphatic carbocycles. The van der Waals surface area contributed by atoms with Gasteiger partial charge >= 0.3 is 5.97 Å². The van der Waals surface area contributed by atoms with Gasteiger partial charge in [-0.1, -0.05) is 0 Å². The quantitative estimate of drug-likeness (QED) is 0.683. The van der Waals surface area contributed by atoms with Crippen molar-refractivity contribution in [2.45, 2.75) is 12.8 Å². The first-order valence-electron chi connectivity index (χ1n) is 3.99. The average molecular weight is 183 g/mol. The molecule has 5 nitrogen and oxygen atoms in total. The third-order valence-electron chi connectivity index (χ3n) is 2.18. The lowest BCUT2D eigenvalue weighted by atomic mass is 10.0. The molecule has 72 valence electrons. The number of aliphatic carboxylic acids is 1. The Balaban J connectivity index is 3.05. The van der Waals surface area contributed by atoms with Crippen molar-refractivity contribution in [3.05, 3.63) is 17.5 Å². The Morgan fingerprint density at radius 3 is 2.77 bits per heavy atom. The second-order valence-corrected chi connectivity index (χ2v) is 2.94. The minimum Gasteiger partial charge on any atom is -0.481 e. The zero-order chi connectivity index (χ0) is 10.0. The highest BCUT2D eigenvalue weighted by atomic mass is 16.4. The van der Waals surface area contributed by atoms with Crippen LogP contribution in [0.1, 0.15) is 17.2 Å². The topological polar surface area (TPSA) is 81.1 Å². The molecule has 1 aromatic heterocycles. The molecule has 0 saturated heterocycles. The largest absolute Gasteiger partial charge is 0.481 e. The lowest BCUT2D eigenvalue weighted by molar-refractivity contribution is -0.138. The number of aryl methyl sites for hydroxylation is 1. The minimum absolute atomic E-state index is 0.0991. The molecular weight excluding hydrogens is 170 g/mol. The van der Waals surface area contributed by atoms with E-state index in [2.05, 4.69) is 5.10 Å². The van der Waals surface area contributed by atoms with E-state index in [1.54, 1.807) is 17.9 Å². The Labute approximate surface area is 76.2 Å². The number of aromatic nitrogens is 2. The van der Waals surface area contributed by atoms with Gasteiger partial charge in [0.15, 0.2) is 0 Å². The summed E-state index contributed by atoms with van der Waals surface area (Å²) in [6.45, 7) is 1.93. The molecule has 0 amide bonds. The monoisotopic (exact) mass is 183 g/mol. The minimum atomic E-state index is -0.904. The Morgan fingerprint density at radius 1 is 1.85 bits per heavy atom. The molecular formula is C8H13N3O2. The van der Waals surface area contributed by atoms with Crippen molar-refractivity contribution >= 4 is 5.97 Å². The van der Waals surface area contributed by atoms with Crippen molar-refractivity contribution in [1.82, 2.24) is 9.78 Å². The van der Waals surface area contributed by atoms with Crippen LogP contribution in [0.15, 0.2) is 6.20 Å². The predicted octanol–water partition coefficient (Wildman–Crippen LogP) is -0.145. The molecule has 0 bridgehead atoms. The van der Waals surface area contributed by atoms with E-state index < -0.39 is 11.9 Å². The summed E-state index contributed by atoms with van der Waals surface area (Å²) in [5.41, 5.74) is 6.90. The molecule has 3 N–H and O–H groups in total. The molecule has 1 rings (SSSR count). The van der Waals surface area contributed by atoms with Crippen LogP contribution in [0.25, 0.3) is 0 Å². The van der Waals surface area contributed by atoms with Crippen LogP contribution >= 0.6 is 0 Å². The molecule has 1 aromatic rings. The Morgan fingerprint density at radius 2 is 2.46 bits per heavy atom. The van der Waals surface area contributed by atoms with Gasteiger partial charge in [0.2, 0.25) is 0 Å². The van der Waals surface area contributed by atoms with Crippen molar-refractivity contribution in [3.8, 4) is 0 Å². The van der Waals surface area contributed by atoms with Crippen molar-refractivity contribution < 1.29 is 9.90 Å². The molecule has 13 heavy (non-hydrogen) atoms. The number of carbonyl (C=O) groups is 1. The third-order valence-corrected chi connectivity index (χ3v) is 2.18. The van der Waals surface area contributed by atoms with Gasteiger partial charge in [0.1, 0.15) is 0 Å². The molecule has 0 spiro atoms. The van der Waals surface area contributed by atoms with Gasteiger partial charge in [0.05, 0.1) is 12.1 Å². The van der Waals surface area contributed by atoms with Gasteiger partial charge in [-0.2, -0.15) is 5.10 Å². The van der Waals surface area contributed by atoms with Gasteiger partial charge in [-0.25, -0.2) is 0 Å². The van der Waals surface area contributed by atoms with Crippen molar-refractivity contribution in [3.63, 3.8) is 0 Å². The van der Waals surface area contributed by atoms with Gasteiger partial charge < -0.3 is 10.8 Å². The first kappa shape index (κ1) is 9.73. The van der Waals surface area contributed by atoms with Crippen LogP contribution in [0.2, 0.25) is 0 Å². The van der Waals surface area contributed by atoms with Crippen LogP contribution in [0.4, 0.5) is 0 Å². The maximum absolute atomic E-state index is 10.8. The number of carboxylic acids is 1. The average Bonchev–Trinajstić information content (AvgIpc) is 2.37. The number of carboxylic acid groups (broad SMARTS) is 1. The van der Waals surface area contributed by atoms with Crippen molar-refractivity contribution in [1.29, 1.82) is 0 Å². The fraction of sp³-hybridized carbons (Fsp3) is 0.500. The number of hydrogen-bond acceptors (Lipinski definition) is 3. The molecule has 0 aromatic carbocycles. The summed E-state index contributed by atoms with van der Waals surface area (Å²) >= 11 is 0. The molecule has 0 aliphatic rings. The second-order valence-electron chi connectivity index (χ2n) is 2.94. The zero-order valence-corrected chi connectivity index (χ0v) is 7.69. The molecule has 5 heteroatoms. The van der Waals surface area contributed by atoms with Gasteiger partial charge in [0.25, 0.3) is 0 Å². The Kier molecular flexibility index (Phi) is 2.67. The van der Waals surface area contributed by atoms with E-state index in [4.69, 9.17) is 10.8 Å². The van der Waals surface area contributed by atoms with E-state index in [0.29, 0.717) is 5.56 Å². The first-order valence-corrected chi connectivity index (χ1v) is 3.99. The van der Waals surface area contributed by atoms with Crippen LogP contribution in [0.3, 0.4) is 0 Å². The fourth-order valence-electron chi connectivity index (χ4n) is 1.22. The number of nitrogens with zero attached hydrogens (tertiary/aromatic N) is 2. The molecule has 1 heterocycles. The summed E-state index contributed by atoms with van der Waals surface area (Å²) in [7, 11) is 1.77. The standard InChI is InChI=1S/C8H13N3O2/c1-5-7(4-10-11(5)2)6(3-9)8(12)13/h4,6H,3,9H2,1-2H3,(H,12,13).